The predicted octanol–water partition coefficient (Wildman–Crippen LogP) is 1.00. The van der Waals surface area contributed by atoms with E-state index in [4.69, 9.17) is 4.74 Å². The number of morpholine rings is 1. The van der Waals surface area contributed by atoms with Crippen molar-refractivity contribution in [3.8, 4) is 0 Å². The quantitative estimate of drug-likeness (QED) is 0.831. The second-order valence-electron chi connectivity index (χ2n) is 8.26. The van der Waals surface area contributed by atoms with Gasteiger partial charge in [-0.1, -0.05) is 26.7 Å². The number of carbonyl (C=O) groups is 2. The molecule has 0 aromatic rings. The van der Waals surface area contributed by atoms with Gasteiger partial charge >= 0.3 is 0 Å². The molecule has 1 aliphatic carbocycles. The Morgan fingerprint density at radius 1 is 1.21 bits per heavy atom. The first-order chi connectivity index (χ1) is 11.4. The molecule has 6 heteroatoms. The van der Waals surface area contributed by atoms with Crippen molar-refractivity contribution in [1.29, 1.82) is 0 Å². The number of hydrogen-bond donors (Lipinski definition) is 1. The SMILES string of the molecule is CC(C)CC(=O)N1CC2(C1)CN(C)C(C(=O)NC1CCCC1)CO2. The van der Waals surface area contributed by atoms with Gasteiger partial charge in [0.1, 0.15) is 11.6 Å². The van der Waals surface area contributed by atoms with E-state index in [1.807, 2.05) is 11.9 Å². The van der Waals surface area contributed by atoms with Gasteiger partial charge in [0.25, 0.3) is 0 Å². The first kappa shape index (κ1) is 17.7. The highest BCUT2D eigenvalue weighted by Gasteiger charge is 2.51. The van der Waals surface area contributed by atoms with E-state index >= 15 is 0 Å². The lowest BCUT2D eigenvalue weighted by Gasteiger charge is -2.55. The maximum atomic E-state index is 12.5. The predicted molar refractivity (Wildman–Crippen MR) is 91.5 cm³/mol. The summed E-state index contributed by atoms with van der Waals surface area (Å²) in [7, 11) is 1.99. The molecular formula is C18H31N3O3. The largest absolute Gasteiger partial charge is 0.368 e. The van der Waals surface area contributed by atoms with Crippen LogP contribution in [-0.4, -0.2) is 72.6 Å². The minimum atomic E-state index is -0.272. The van der Waals surface area contributed by atoms with Crippen molar-refractivity contribution >= 4 is 11.8 Å². The van der Waals surface area contributed by atoms with Crippen LogP contribution in [0.2, 0.25) is 0 Å². The summed E-state index contributed by atoms with van der Waals surface area (Å²) >= 11 is 0. The molecule has 0 radical (unpaired) electrons. The van der Waals surface area contributed by atoms with Gasteiger partial charge in [-0.05, 0) is 25.8 Å². The Balaban J connectivity index is 1.47. The van der Waals surface area contributed by atoms with Crippen LogP contribution in [0.15, 0.2) is 0 Å². The van der Waals surface area contributed by atoms with Crippen molar-refractivity contribution in [2.45, 2.75) is 63.6 Å². The van der Waals surface area contributed by atoms with Crippen LogP contribution in [0.25, 0.3) is 0 Å². The van der Waals surface area contributed by atoms with E-state index in [9.17, 15) is 9.59 Å². The highest BCUT2D eigenvalue weighted by Crippen LogP contribution is 2.31. The van der Waals surface area contributed by atoms with E-state index in [0.29, 0.717) is 44.6 Å². The van der Waals surface area contributed by atoms with E-state index < -0.39 is 0 Å². The van der Waals surface area contributed by atoms with Gasteiger partial charge in [0.2, 0.25) is 11.8 Å². The summed E-state index contributed by atoms with van der Waals surface area (Å²) in [6.07, 6.45) is 5.22. The summed E-state index contributed by atoms with van der Waals surface area (Å²) < 4.78 is 6.06. The molecule has 3 fully saturated rings. The number of ether oxygens (including phenoxy) is 1. The molecule has 136 valence electrons. The topological polar surface area (TPSA) is 61.9 Å². The summed E-state index contributed by atoms with van der Waals surface area (Å²) in [5.41, 5.74) is -0.272. The van der Waals surface area contributed by atoms with Gasteiger partial charge in [-0.25, -0.2) is 0 Å². The number of rotatable bonds is 4. The molecule has 2 saturated heterocycles. The molecule has 2 heterocycles. The lowest BCUT2D eigenvalue weighted by Crippen LogP contribution is -2.73. The molecule has 0 aromatic heterocycles. The van der Waals surface area contributed by atoms with Crippen LogP contribution < -0.4 is 5.32 Å². The van der Waals surface area contributed by atoms with Crippen LogP contribution in [0.3, 0.4) is 0 Å². The third kappa shape index (κ3) is 3.75. The van der Waals surface area contributed by atoms with Crippen LogP contribution in [0.4, 0.5) is 0 Å². The third-order valence-corrected chi connectivity index (χ3v) is 5.51. The van der Waals surface area contributed by atoms with Crippen LogP contribution in [-0.2, 0) is 14.3 Å². The molecular weight excluding hydrogens is 306 g/mol. The number of hydrogen-bond acceptors (Lipinski definition) is 4. The van der Waals surface area contributed by atoms with Gasteiger partial charge in [-0.2, -0.15) is 0 Å². The molecule has 1 unspecified atom stereocenters. The van der Waals surface area contributed by atoms with Crippen molar-refractivity contribution in [1.82, 2.24) is 15.1 Å². The maximum Gasteiger partial charge on any atom is 0.239 e. The Morgan fingerprint density at radius 3 is 2.46 bits per heavy atom. The van der Waals surface area contributed by atoms with Crippen LogP contribution in [0.1, 0.15) is 46.0 Å². The fourth-order valence-corrected chi connectivity index (χ4v) is 4.13. The van der Waals surface area contributed by atoms with Crippen LogP contribution >= 0.6 is 0 Å². The monoisotopic (exact) mass is 337 g/mol. The number of likely N-dealkylation sites (tertiary alicyclic amines) is 1. The average Bonchev–Trinajstić information content (AvgIpc) is 2.96. The summed E-state index contributed by atoms with van der Waals surface area (Å²) in [6, 6.07) is 0.131. The van der Waals surface area contributed by atoms with Gasteiger partial charge in [0.05, 0.1) is 19.7 Å². The number of amides is 2. The number of nitrogens with zero attached hydrogens (tertiary/aromatic N) is 2. The van der Waals surface area contributed by atoms with Gasteiger partial charge in [-0.3, -0.25) is 14.5 Å². The summed E-state index contributed by atoms with van der Waals surface area (Å²) in [5.74, 6) is 0.682. The molecule has 2 aliphatic heterocycles. The second kappa shape index (κ2) is 7.00. The van der Waals surface area contributed by atoms with E-state index in [-0.39, 0.29) is 23.5 Å². The summed E-state index contributed by atoms with van der Waals surface area (Å²) in [4.78, 5) is 28.6. The van der Waals surface area contributed by atoms with Crippen molar-refractivity contribution in [2.24, 2.45) is 5.92 Å². The van der Waals surface area contributed by atoms with E-state index in [2.05, 4.69) is 24.1 Å². The molecule has 3 aliphatic rings. The van der Waals surface area contributed by atoms with Crippen LogP contribution in [0.5, 0.6) is 0 Å². The number of carbonyl (C=O) groups excluding carboxylic acids is 2. The Morgan fingerprint density at radius 2 is 1.88 bits per heavy atom. The molecule has 1 saturated carbocycles. The third-order valence-electron chi connectivity index (χ3n) is 5.51. The first-order valence-electron chi connectivity index (χ1n) is 9.31. The Bertz CT molecular complexity index is 482. The zero-order valence-corrected chi connectivity index (χ0v) is 15.2. The van der Waals surface area contributed by atoms with Gasteiger partial charge in [-0.15, -0.1) is 0 Å². The second-order valence-corrected chi connectivity index (χ2v) is 8.26. The number of likely N-dealkylation sites (N-methyl/N-ethyl adjacent to an activating group) is 1. The minimum absolute atomic E-state index is 0.0892. The van der Waals surface area contributed by atoms with E-state index in [1.165, 1.54) is 12.8 Å². The Hall–Kier alpha value is -1.14. The fraction of sp³-hybridized carbons (Fsp3) is 0.889. The molecule has 3 rings (SSSR count). The lowest BCUT2D eigenvalue weighted by molar-refractivity contribution is -0.201. The Labute approximate surface area is 144 Å². The highest BCUT2D eigenvalue weighted by atomic mass is 16.5. The van der Waals surface area contributed by atoms with Gasteiger partial charge in [0.15, 0.2) is 0 Å². The Kier molecular flexibility index (Phi) is 5.16. The molecule has 24 heavy (non-hydrogen) atoms. The molecule has 1 spiro atoms. The van der Waals surface area contributed by atoms with Crippen molar-refractivity contribution < 1.29 is 14.3 Å². The average molecular weight is 337 g/mol. The highest BCUT2D eigenvalue weighted by molar-refractivity contribution is 5.82. The normalized spacial score (nSPS) is 27.5. The van der Waals surface area contributed by atoms with E-state index in [1.54, 1.807) is 0 Å². The first-order valence-corrected chi connectivity index (χ1v) is 9.31. The zero-order chi connectivity index (χ0) is 17.3. The molecule has 0 bridgehead atoms. The minimum Gasteiger partial charge on any atom is -0.368 e. The molecule has 1 N–H and O–H groups in total. The zero-order valence-electron chi connectivity index (χ0n) is 15.2. The molecule has 6 nitrogen and oxygen atoms in total. The standard InChI is InChI=1S/C18H31N3O3/c1-13(2)8-16(22)21-11-18(12-21)10-20(3)15(9-24-18)17(23)19-14-6-4-5-7-14/h13-15H,4-12H2,1-3H3,(H,19,23). The van der Waals surface area contributed by atoms with Crippen molar-refractivity contribution in [2.75, 3.05) is 33.3 Å². The molecule has 2 amide bonds. The smallest absolute Gasteiger partial charge is 0.239 e. The summed E-state index contributed by atoms with van der Waals surface area (Å²) in [5, 5.41) is 3.17. The molecule has 0 aromatic carbocycles. The van der Waals surface area contributed by atoms with Gasteiger partial charge in [0, 0.05) is 19.0 Å². The maximum absolute atomic E-state index is 12.5. The van der Waals surface area contributed by atoms with Crippen LogP contribution in [0, 0.1) is 5.92 Å². The molecule has 1 atom stereocenters. The fourth-order valence-electron chi connectivity index (χ4n) is 4.13. The lowest BCUT2D eigenvalue weighted by atomic mass is 9.89. The van der Waals surface area contributed by atoms with Crippen molar-refractivity contribution in [3.63, 3.8) is 0 Å². The van der Waals surface area contributed by atoms with E-state index in [0.717, 1.165) is 12.8 Å². The van der Waals surface area contributed by atoms with Gasteiger partial charge < -0.3 is 15.0 Å². The summed E-state index contributed by atoms with van der Waals surface area (Å²) in [6.45, 7) is 6.56. The van der Waals surface area contributed by atoms with Crippen molar-refractivity contribution in [3.05, 3.63) is 0 Å². The number of nitrogens with one attached hydrogen (secondary N) is 1.